The normalized spacial score (nSPS) is 10.9. The Labute approximate surface area is 223 Å². The highest BCUT2D eigenvalue weighted by Gasteiger charge is 2.26. The largest absolute Gasteiger partial charge is 0.264 e. The van der Waals surface area contributed by atoms with E-state index >= 15 is 0 Å². The number of aromatic nitrogens is 1. The first-order chi connectivity index (χ1) is 14.2. The molecule has 0 saturated carbocycles. The molecule has 0 unspecified atom stereocenters. The third kappa shape index (κ3) is 36.8. The molecule has 1 aromatic carbocycles. The average Bonchev–Trinajstić information content (AvgIpc) is 2.58. The second-order valence-electron chi connectivity index (χ2n) is 13.5. The van der Waals surface area contributed by atoms with E-state index in [4.69, 9.17) is 0 Å². The van der Waals surface area contributed by atoms with Crippen LogP contribution in [0.2, 0.25) is 0 Å². The van der Waals surface area contributed by atoms with Crippen LogP contribution in [0.4, 0.5) is 0 Å². The van der Waals surface area contributed by atoms with Gasteiger partial charge in [-0.2, -0.15) is 0 Å². The molecule has 0 spiro atoms. The zero-order valence-corrected chi connectivity index (χ0v) is 23.8. The van der Waals surface area contributed by atoms with Crippen molar-refractivity contribution in [3.8, 4) is 0 Å². The summed E-state index contributed by atoms with van der Waals surface area (Å²) in [6.45, 7) is 31.1. The van der Waals surface area contributed by atoms with Crippen molar-refractivity contribution >= 4 is 12.2 Å². The van der Waals surface area contributed by atoms with Crippen molar-refractivity contribution in [2.75, 3.05) is 0 Å². The van der Waals surface area contributed by atoms with Crippen LogP contribution in [0.5, 0.6) is 0 Å². The maximum atomic E-state index is 4.05. The Bertz CT molecular complexity index is 635. The molecule has 0 N–H and O–H groups in total. The zero-order chi connectivity index (χ0) is 25.6. The molecule has 2 aromatic rings. The molecule has 2 rings (SSSR count). The minimum Gasteiger partial charge on any atom is -0.264 e. The van der Waals surface area contributed by atoms with Gasteiger partial charge in [-0.05, 0) is 38.9 Å². The van der Waals surface area contributed by atoms with Crippen LogP contribution in [0.25, 0.3) is 12.2 Å². The second kappa shape index (κ2) is 19.3. The Kier molecular flexibility index (Phi) is 23.8. The van der Waals surface area contributed by atoms with Crippen molar-refractivity contribution < 1.29 is 0 Å². The van der Waals surface area contributed by atoms with Crippen molar-refractivity contribution in [3.63, 3.8) is 0 Å². The topological polar surface area (TPSA) is 12.9 Å². The lowest BCUT2D eigenvalue weighted by molar-refractivity contribution is 0.157. The fourth-order valence-electron chi connectivity index (χ4n) is 1.23. The van der Waals surface area contributed by atoms with Gasteiger partial charge in [0.25, 0.3) is 0 Å². The molecule has 0 atom stereocenters. The van der Waals surface area contributed by atoms with Crippen molar-refractivity contribution in [2.24, 2.45) is 21.7 Å². The maximum absolute atomic E-state index is 4.05. The Morgan fingerprint density at radius 1 is 0.486 bits per heavy atom. The summed E-state index contributed by atoms with van der Waals surface area (Å²) in [4.78, 5) is 4.05. The fraction of sp³-hybridized carbons (Fsp3) is 0.618. The molecule has 0 saturated heterocycles. The summed E-state index contributed by atoms with van der Waals surface area (Å²) < 4.78 is 0. The highest BCUT2D eigenvalue weighted by atomic mass is 14.6. The van der Waals surface area contributed by atoms with Gasteiger partial charge in [0.05, 0.1) is 0 Å². The van der Waals surface area contributed by atoms with E-state index in [1.54, 1.807) is 6.20 Å². The van der Waals surface area contributed by atoms with Gasteiger partial charge in [-0.25, -0.2) is 0 Å². The predicted octanol–water partition coefficient (Wildman–Crippen LogP) is 12.3. The minimum atomic E-state index is 0. The van der Waals surface area contributed by atoms with E-state index in [9.17, 15) is 0 Å². The monoisotopic (exact) mass is 488 g/mol. The molecule has 1 aromatic heterocycles. The van der Waals surface area contributed by atoms with E-state index in [1.807, 2.05) is 36.5 Å². The summed E-state index contributed by atoms with van der Waals surface area (Å²) in [5.41, 5.74) is 4.20. The van der Waals surface area contributed by atoms with Gasteiger partial charge in [0, 0.05) is 12.4 Å². The molecule has 0 amide bonds. The summed E-state index contributed by atoms with van der Waals surface area (Å²) in [5, 5.41) is 0. The van der Waals surface area contributed by atoms with Gasteiger partial charge in [-0.3, -0.25) is 4.98 Å². The lowest BCUT2D eigenvalue weighted by atomic mass is 9.71. The summed E-state index contributed by atoms with van der Waals surface area (Å²) in [5.74, 6) is 0. The highest BCUT2D eigenvalue weighted by molar-refractivity contribution is 5.68. The molecular formula is C34H65N. The van der Waals surface area contributed by atoms with Gasteiger partial charge in [-0.1, -0.05) is 168 Å². The van der Waals surface area contributed by atoms with Crippen LogP contribution in [0.15, 0.2) is 54.9 Å². The van der Waals surface area contributed by atoms with Gasteiger partial charge in [0.15, 0.2) is 0 Å². The van der Waals surface area contributed by atoms with Gasteiger partial charge < -0.3 is 0 Å². The first-order valence-electron chi connectivity index (χ1n) is 11.8. The van der Waals surface area contributed by atoms with Crippen molar-refractivity contribution in [1.82, 2.24) is 4.98 Å². The summed E-state index contributed by atoms with van der Waals surface area (Å²) in [6.07, 6.45) is 7.76. The van der Waals surface area contributed by atoms with E-state index in [-0.39, 0.29) is 22.3 Å². The first kappa shape index (κ1) is 43.2. The lowest BCUT2D eigenvalue weighted by Crippen LogP contribution is -2.25. The number of pyridine rings is 1. The fourth-order valence-corrected chi connectivity index (χ4v) is 1.23. The van der Waals surface area contributed by atoms with E-state index in [0.717, 1.165) is 5.56 Å². The van der Waals surface area contributed by atoms with Crippen LogP contribution in [-0.2, 0) is 0 Å². The number of benzene rings is 1. The number of nitrogens with zero attached hydrogens (tertiary/aromatic N) is 1. The van der Waals surface area contributed by atoms with Crippen LogP contribution >= 0.6 is 0 Å². The van der Waals surface area contributed by atoms with Crippen LogP contribution in [0.1, 0.15) is 130 Å². The molecule has 1 heterocycles. The Morgan fingerprint density at radius 2 is 0.800 bits per heavy atom. The average molecular weight is 488 g/mol. The number of rotatable bonds is 2. The van der Waals surface area contributed by atoms with Gasteiger partial charge in [0.2, 0.25) is 0 Å². The second-order valence-corrected chi connectivity index (χ2v) is 13.5. The summed E-state index contributed by atoms with van der Waals surface area (Å²) in [7, 11) is 0. The van der Waals surface area contributed by atoms with Crippen LogP contribution in [-0.4, -0.2) is 4.98 Å². The van der Waals surface area contributed by atoms with Gasteiger partial charge in [0.1, 0.15) is 0 Å². The van der Waals surface area contributed by atoms with Crippen LogP contribution < -0.4 is 0 Å². The van der Waals surface area contributed by atoms with Crippen molar-refractivity contribution in [3.05, 3.63) is 66.0 Å². The molecule has 0 aliphatic rings. The number of hydrogen-bond acceptors (Lipinski definition) is 1. The molecule has 1 nitrogen and oxygen atoms in total. The van der Waals surface area contributed by atoms with Gasteiger partial charge >= 0.3 is 0 Å². The molecular weight excluding hydrogens is 422 g/mol. The van der Waals surface area contributed by atoms with E-state index in [1.165, 1.54) is 5.56 Å². The first-order valence-corrected chi connectivity index (χ1v) is 11.8. The van der Waals surface area contributed by atoms with Gasteiger partial charge in [-0.15, -0.1) is 0 Å². The molecule has 0 aliphatic heterocycles. The number of hydrogen-bond donors (Lipinski definition) is 0. The smallest absolute Gasteiger partial charge is 0.0340 e. The molecule has 0 radical (unpaired) electrons. The van der Waals surface area contributed by atoms with E-state index in [0.29, 0.717) is 21.7 Å². The lowest BCUT2D eigenvalue weighted by Gasteiger charge is -2.34. The predicted molar refractivity (Wildman–Crippen MR) is 169 cm³/mol. The molecule has 206 valence electrons. The molecule has 35 heavy (non-hydrogen) atoms. The summed E-state index contributed by atoms with van der Waals surface area (Å²) in [6, 6.07) is 14.2. The molecule has 1 heteroatoms. The third-order valence-corrected chi connectivity index (χ3v) is 4.20. The third-order valence-electron chi connectivity index (χ3n) is 4.20. The molecule has 0 bridgehead atoms. The SMILES string of the molecule is C.C.C.C(=C\c1cccnc1)/c1ccccc1.CC(C)(C)C.CC(C)(C)C.CC(C)(C)C(C)(C)C. The molecule has 0 fully saturated rings. The Morgan fingerprint density at radius 3 is 1.09 bits per heavy atom. The van der Waals surface area contributed by atoms with Crippen LogP contribution in [0, 0.1) is 21.7 Å². The highest BCUT2D eigenvalue weighted by Crippen LogP contribution is 2.36. The van der Waals surface area contributed by atoms with E-state index in [2.05, 4.69) is 126 Å². The quantitative estimate of drug-likeness (QED) is 0.410. The minimum absolute atomic E-state index is 0. The summed E-state index contributed by atoms with van der Waals surface area (Å²) >= 11 is 0. The zero-order valence-electron chi connectivity index (χ0n) is 23.8. The van der Waals surface area contributed by atoms with E-state index < -0.39 is 0 Å². The van der Waals surface area contributed by atoms with Crippen molar-refractivity contribution in [1.29, 1.82) is 0 Å². The van der Waals surface area contributed by atoms with Crippen LogP contribution in [0.3, 0.4) is 0 Å². The maximum Gasteiger partial charge on any atom is 0.0340 e. The Balaban J connectivity index is -0.000000124. The standard InChI is InChI=1S/C13H11N.C8H18.2C5H12.3CH4/c1-2-5-12(6-3-1)8-9-13-7-4-10-14-11-13;1-7(2,3)8(4,5)6;2*1-5(2,3)4;;;/h1-11H;1-6H3;2*1-4H3;3*1H4/b9-8+;;;;;;. The van der Waals surface area contributed by atoms with Crippen molar-refractivity contribution in [2.45, 2.75) is 119 Å². The molecule has 0 aliphatic carbocycles. The Hall–Kier alpha value is -1.89.